The molecule has 0 bridgehead atoms. The molecule has 88 valence electrons. The summed E-state index contributed by atoms with van der Waals surface area (Å²) in [6.45, 7) is 3.96. The van der Waals surface area contributed by atoms with Gasteiger partial charge in [0, 0.05) is 13.1 Å². The molecule has 0 aromatic carbocycles. The van der Waals surface area contributed by atoms with Crippen molar-refractivity contribution in [2.75, 3.05) is 31.7 Å². The Bertz CT molecular complexity index is 214. The smallest absolute Gasteiger partial charge is 0.239 e. The van der Waals surface area contributed by atoms with Gasteiger partial charge in [0.15, 0.2) is 0 Å². The fraction of sp³-hybridized carbons (Fsp3) is 0.900. The van der Waals surface area contributed by atoms with Crippen LogP contribution in [0.4, 0.5) is 0 Å². The van der Waals surface area contributed by atoms with Crippen LogP contribution >= 0.6 is 11.8 Å². The zero-order valence-corrected chi connectivity index (χ0v) is 10.3. The van der Waals surface area contributed by atoms with Crippen molar-refractivity contribution in [2.45, 2.75) is 25.5 Å². The van der Waals surface area contributed by atoms with Gasteiger partial charge in [-0.1, -0.05) is 0 Å². The number of ether oxygens (including phenoxy) is 1. The maximum Gasteiger partial charge on any atom is 0.239 e. The molecule has 0 aliphatic carbocycles. The second-order valence-electron chi connectivity index (χ2n) is 3.85. The molecule has 2 N–H and O–H groups in total. The Hall–Kier alpha value is -0.260. The quantitative estimate of drug-likeness (QED) is 0.758. The van der Waals surface area contributed by atoms with Gasteiger partial charge in [-0.3, -0.25) is 4.79 Å². The van der Waals surface area contributed by atoms with Crippen molar-refractivity contribution in [3.8, 4) is 0 Å². The zero-order valence-electron chi connectivity index (χ0n) is 9.44. The van der Waals surface area contributed by atoms with Crippen LogP contribution in [0.3, 0.4) is 0 Å². The lowest BCUT2D eigenvalue weighted by atomic mass is 10.2. The minimum Gasteiger partial charge on any atom is -0.375 e. The van der Waals surface area contributed by atoms with E-state index in [1.165, 1.54) is 0 Å². The van der Waals surface area contributed by atoms with Crippen molar-refractivity contribution in [3.05, 3.63) is 0 Å². The van der Waals surface area contributed by atoms with Gasteiger partial charge in [-0.15, -0.1) is 0 Å². The summed E-state index contributed by atoms with van der Waals surface area (Å²) in [5.74, 6) is 1.01. The molecule has 0 spiro atoms. The molecule has 0 radical (unpaired) electrons. The van der Waals surface area contributed by atoms with Gasteiger partial charge in [-0.25, -0.2) is 0 Å². The molecule has 5 heteroatoms. The summed E-state index contributed by atoms with van der Waals surface area (Å²) in [6.07, 6.45) is 2.91. The van der Waals surface area contributed by atoms with Crippen LogP contribution in [-0.2, 0) is 9.53 Å². The van der Waals surface area contributed by atoms with Gasteiger partial charge in [0.25, 0.3) is 0 Å². The first-order chi connectivity index (χ1) is 7.15. The van der Waals surface area contributed by atoms with Crippen LogP contribution in [-0.4, -0.2) is 54.7 Å². The standard InChI is InChI=1S/C10H20N2O2S/c1-8-7-12(4-5-14-8)10(13)9(11)3-6-15-2/h8-9H,3-7,11H2,1-2H3/t8?,9-/m0/s1. The third kappa shape index (κ3) is 4.01. The number of carbonyl (C=O) groups excluding carboxylic acids is 1. The molecule has 1 aliphatic heterocycles. The minimum absolute atomic E-state index is 0.0687. The fourth-order valence-electron chi connectivity index (χ4n) is 1.62. The molecule has 0 saturated carbocycles. The van der Waals surface area contributed by atoms with Gasteiger partial charge in [-0.05, 0) is 25.4 Å². The molecule has 15 heavy (non-hydrogen) atoms. The van der Waals surface area contributed by atoms with Gasteiger partial charge in [0.05, 0.1) is 18.8 Å². The van der Waals surface area contributed by atoms with Gasteiger partial charge in [0.2, 0.25) is 5.91 Å². The number of rotatable bonds is 4. The first-order valence-electron chi connectivity index (χ1n) is 5.30. The van der Waals surface area contributed by atoms with E-state index in [-0.39, 0.29) is 18.1 Å². The van der Waals surface area contributed by atoms with Crippen molar-refractivity contribution < 1.29 is 9.53 Å². The van der Waals surface area contributed by atoms with E-state index < -0.39 is 0 Å². The van der Waals surface area contributed by atoms with E-state index in [1.807, 2.05) is 18.1 Å². The lowest BCUT2D eigenvalue weighted by Crippen LogP contribution is -2.50. The second kappa shape index (κ2) is 6.35. The third-order valence-corrected chi connectivity index (χ3v) is 3.15. The Labute approximate surface area is 95.5 Å². The summed E-state index contributed by atoms with van der Waals surface area (Å²) < 4.78 is 5.38. The molecular weight excluding hydrogens is 212 g/mol. The highest BCUT2D eigenvalue weighted by molar-refractivity contribution is 7.98. The van der Waals surface area contributed by atoms with E-state index in [0.717, 1.165) is 12.2 Å². The van der Waals surface area contributed by atoms with E-state index in [9.17, 15) is 4.79 Å². The Morgan fingerprint density at radius 2 is 2.47 bits per heavy atom. The van der Waals surface area contributed by atoms with Gasteiger partial charge < -0.3 is 15.4 Å². The molecule has 1 unspecified atom stereocenters. The Morgan fingerprint density at radius 3 is 3.07 bits per heavy atom. The van der Waals surface area contributed by atoms with Crippen molar-refractivity contribution in [3.63, 3.8) is 0 Å². The van der Waals surface area contributed by atoms with E-state index >= 15 is 0 Å². The lowest BCUT2D eigenvalue weighted by molar-refractivity contribution is -0.139. The first-order valence-corrected chi connectivity index (χ1v) is 6.69. The van der Waals surface area contributed by atoms with Crippen molar-refractivity contribution in [2.24, 2.45) is 5.73 Å². The number of thioether (sulfide) groups is 1. The van der Waals surface area contributed by atoms with E-state index in [0.29, 0.717) is 19.7 Å². The van der Waals surface area contributed by atoms with Crippen LogP contribution in [0.2, 0.25) is 0 Å². The summed E-state index contributed by atoms with van der Waals surface area (Å²) >= 11 is 1.72. The normalized spacial score (nSPS) is 23.9. The topological polar surface area (TPSA) is 55.6 Å². The number of hydrogen-bond donors (Lipinski definition) is 1. The summed E-state index contributed by atoms with van der Waals surface area (Å²) in [4.78, 5) is 13.7. The predicted molar refractivity (Wildman–Crippen MR) is 63.0 cm³/mol. The van der Waals surface area contributed by atoms with Crippen LogP contribution in [0, 0.1) is 0 Å². The zero-order chi connectivity index (χ0) is 11.3. The van der Waals surface area contributed by atoms with Gasteiger partial charge in [-0.2, -0.15) is 11.8 Å². The Balaban J connectivity index is 2.37. The molecule has 1 aliphatic rings. The lowest BCUT2D eigenvalue weighted by Gasteiger charge is -2.32. The highest BCUT2D eigenvalue weighted by atomic mass is 32.2. The molecule has 0 aromatic heterocycles. The van der Waals surface area contributed by atoms with E-state index in [4.69, 9.17) is 10.5 Å². The van der Waals surface area contributed by atoms with E-state index in [2.05, 4.69) is 0 Å². The highest BCUT2D eigenvalue weighted by Gasteiger charge is 2.25. The Kier molecular flexibility index (Phi) is 5.42. The number of morpholine rings is 1. The maximum absolute atomic E-state index is 11.9. The number of hydrogen-bond acceptors (Lipinski definition) is 4. The van der Waals surface area contributed by atoms with Crippen molar-refractivity contribution >= 4 is 17.7 Å². The molecule has 1 fully saturated rings. The molecule has 1 amide bonds. The van der Waals surface area contributed by atoms with Crippen LogP contribution in [0.15, 0.2) is 0 Å². The summed E-state index contributed by atoms with van der Waals surface area (Å²) in [5, 5.41) is 0. The van der Waals surface area contributed by atoms with Gasteiger partial charge >= 0.3 is 0 Å². The molecule has 1 saturated heterocycles. The number of carbonyl (C=O) groups is 1. The molecule has 1 rings (SSSR count). The summed E-state index contributed by atoms with van der Waals surface area (Å²) in [5.41, 5.74) is 5.83. The number of nitrogens with zero attached hydrogens (tertiary/aromatic N) is 1. The Morgan fingerprint density at radius 1 is 1.73 bits per heavy atom. The molecular formula is C10H20N2O2S. The molecule has 2 atom stereocenters. The second-order valence-corrected chi connectivity index (χ2v) is 4.84. The molecule has 0 aromatic rings. The summed E-state index contributed by atoms with van der Waals surface area (Å²) in [7, 11) is 0. The molecule has 1 heterocycles. The van der Waals surface area contributed by atoms with Crippen molar-refractivity contribution in [1.82, 2.24) is 4.90 Å². The summed E-state index contributed by atoms with van der Waals surface area (Å²) in [6, 6.07) is -0.345. The predicted octanol–water partition coefficient (Wildman–Crippen LogP) is 0.314. The largest absolute Gasteiger partial charge is 0.375 e. The minimum atomic E-state index is -0.345. The highest BCUT2D eigenvalue weighted by Crippen LogP contribution is 2.08. The maximum atomic E-state index is 11.9. The van der Waals surface area contributed by atoms with Gasteiger partial charge in [0.1, 0.15) is 0 Å². The fourth-order valence-corrected chi connectivity index (χ4v) is 2.11. The third-order valence-electron chi connectivity index (χ3n) is 2.50. The van der Waals surface area contributed by atoms with Crippen LogP contribution < -0.4 is 5.73 Å². The first kappa shape index (κ1) is 12.8. The molecule has 4 nitrogen and oxygen atoms in total. The van der Waals surface area contributed by atoms with E-state index in [1.54, 1.807) is 11.8 Å². The SMILES string of the molecule is CSCC[C@H](N)C(=O)N1CCOC(C)C1. The number of nitrogens with two attached hydrogens (primary N) is 1. The van der Waals surface area contributed by atoms with Crippen molar-refractivity contribution in [1.29, 1.82) is 0 Å². The average Bonchev–Trinajstić information content (AvgIpc) is 2.24. The van der Waals surface area contributed by atoms with Crippen LogP contribution in [0.25, 0.3) is 0 Å². The number of amides is 1. The average molecular weight is 232 g/mol. The monoisotopic (exact) mass is 232 g/mol. The van der Waals surface area contributed by atoms with Crippen LogP contribution in [0.5, 0.6) is 0 Å². The van der Waals surface area contributed by atoms with Crippen LogP contribution in [0.1, 0.15) is 13.3 Å².